The van der Waals surface area contributed by atoms with Crippen LogP contribution in [0, 0.1) is 0 Å². The Balaban J connectivity index is 0.000000968. The maximum Gasteiger partial charge on any atom is 0.247 e. The molecule has 33 heavy (non-hydrogen) atoms. The molecule has 4 rings (SSSR count). The Hall–Kier alpha value is -3.54. The normalized spacial score (nSPS) is 18.2. The van der Waals surface area contributed by atoms with E-state index in [1.165, 1.54) is 6.42 Å². The summed E-state index contributed by atoms with van der Waals surface area (Å²) in [5, 5.41) is 16.2. The molecular weight excluding hydrogens is 414 g/mol. The second-order valence-corrected chi connectivity index (χ2v) is 7.94. The van der Waals surface area contributed by atoms with E-state index in [9.17, 15) is 5.11 Å². The first kappa shape index (κ1) is 24.1. The molecule has 2 aliphatic rings. The molecule has 0 saturated heterocycles. The van der Waals surface area contributed by atoms with Crippen LogP contribution in [0.2, 0.25) is 0 Å². The molecule has 1 aliphatic heterocycles. The van der Waals surface area contributed by atoms with Gasteiger partial charge in [-0.3, -0.25) is 0 Å². The van der Waals surface area contributed by atoms with Crippen molar-refractivity contribution in [1.29, 1.82) is 0 Å². The Morgan fingerprint density at radius 1 is 1.03 bits per heavy atom. The Morgan fingerprint density at radius 3 is 2.12 bits per heavy atom. The van der Waals surface area contributed by atoms with Crippen LogP contribution in [0.3, 0.4) is 0 Å². The fraction of sp³-hybridized carbons (Fsp3) is 0.333. The van der Waals surface area contributed by atoms with E-state index < -0.39 is 0 Å². The summed E-state index contributed by atoms with van der Waals surface area (Å²) in [5.41, 5.74) is 0.738. The fourth-order valence-electron chi connectivity index (χ4n) is 3.70. The van der Waals surface area contributed by atoms with E-state index in [1.807, 2.05) is 72.6 Å². The van der Waals surface area contributed by atoms with Crippen molar-refractivity contribution in [2.24, 2.45) is 10.1 Å². The second-order valence-electron chi connectivity index (χ2n) is 7.94. The van der Waals surface area contributed by atoms with Crippen molar-refractivity contribution in [3.63, 3.8) is 0 Å². The molecular formula is C27H33N3O3. The highest BCUT2D eigenvalue weighted by Crippen LogP contribution is 2.31. The van der Waals surface area contributed by atoms with E-state index in [0.29, 0.717) is 17.5 Å². The number of benzene rings is 2. The lowest BCUT2D eigenvalue weighted by Crippen LogP contribution is -2.31. The lowest BCUT2D eigenvalue weighted by Gasteiger charge is -2.21. The number of hydrogen-bond acceptors (Lipinski definition) is 5. The number of rotatable bonds is 5. The van der Waals surface area contributed by atoms with Crippen molar-refractivity contribution in [3.8, 4) is 17.2 Å². The summed E-state index contributed by atoms with van der Waals surface area (Å²) in [7, 11) is 0. The van der Waals surface area contributed by atoms with Gasteiger partial charge in [-0.25, -0.2) is 5.01 Å². The minimum absolute atomic E-state index is 0.244. The van der Waals surface area contributed by atoms with Gasteiger partial charge in [0.05, 0.1) is 11.6 Å². The predicted molar refractivity (Wildman–Crippen MR) is 134 cm³/mol. The first-order valence-corrected chi connectivity index (χ1v) is 11.6. The van der Waals surface area contributed by atoms with Crippen molar-refractivity contribution in [3.05, 3.63) is 78.7 Å². The van der Waals surface area contributed by atoms with Gasteiger partial charge in [-0.2, -0.15) is 4.99 Å². The number of hydrogen-bond donors (Lipinski definition) is 1. The highest BCUT2D eigenvalue weighted by molar-refractivity contribution is 6.24. The van der Waals surface area contributed by atoms with Crippen molar-refractivity contribution < 1.29 is 14.6 Å². The van der Waals surface area contributed by atoms with Crippen LogP contribution < -0.4 is 9.47 Å². The van der Waals surface area contributed by atoms with Crippen molar-refractivity contribution in [2.45, 2.75) is 58.9 Å². The SMILES string of the molecule is C=C(O)/N=C1\C(=C/C)C(Oc2ccc(Oc3ccccc3)cc2)=NN1C1CCCC1.CCC. The van der Waals surface area contributed by atoms with Crippen LogP contribution in [-0.4, -0.2) is 27.9 Å². The van der Waals surface area contributed by atoms with Gasteiger partial charge in [0, 0.05) is 0 Å². The molecule has 0 amide bonds. The number of nitrogens with zero attached hydrogens (tertiary/aromatic N) is 3. The number of aliphatic hydroxyl groups is 1. The lowest BCUT2D eigenvalue weighted by molar-refractivity contribution is 0.327. The molecule has 6 heteroatoms. The van der Waals surface area contributed by atoms with Crippen LogP contribution in [0.5, 0.6) is 17.2 Å². The quantitative estimate of drug-likeness (QED) is 0.491. The third kappa shape index (κ3) is 6.48. The molecule has 2 aromatic carbocycles. The molecule has 174 valence electrons. The van der Waals surface area contributed by atoms with Crippen molar-refractivity contribution in [1.82, 2.24) is 5.01 Å². The van der Waals surface area contributed by atoms with Crippen LogP contribution in [-0.2, 0) is 0 Å². The molecule has 0 radical (unpaired) electrons. The number of allylic oxidation sites excluding steroid dienone is 1. The first-order valence-electron chi connectivity index (χ1n) is 11.6. The van der Waals surface area contributed by atoms with Crippen LogP contribution in [0.1, 0.15) is 52.9 Å². The summed E-state index contributed by atoms with van der Waals surface area (Å²) >= 11 is 0. The summed E-state index contributed by atoms with van der Waals surface area (Å²) in [5.74, 6) is 2.94. The molecule has 1 heterocycles. The Morgan fingerprint density at radius 2 is 1.58 bits per heavy atom. The van der Waals surface area contributed by atoms with Gasteiger partial charge in [-0.1, -0.05) is 57.4 Å². The molecule has 6 nitrogen and oxygen atoms in total. The fourth-order valence-corrected chi connectivity index (χ4v) is 3.70. The average Bonchev–Trinajstić information content (AvgIpc) is 3.44. The molecule has 2 aromatic rings. The van der Waals surface area contributed by atoms with Gasteiger partial charge in [0.25, 0.3) is 0 Å². The van der Waals surface area contributed by atoms with Gasteiger partial charge in [-0.05, 0) is 62.7 Å². The van der Waals surface area contributed by atoms with Crippen molar-refractivity contribution in [2.75, 3.05) is 0 Å². The summed E-state index contributed by atoms with van der Waals surface area (Å²) in [6.07, 6.45) is 7.54. The molecule has 0 atom stereocenters. The van der Waals surface area contributed by atoms with Crippen molar-refractivity contribution >= 4 is 11.7 Å². The zero-order chi connectivity index (χ0) is 23.6. The highest BCUT2D eigenvalue weighted by atomic mass is 16.5. The molecule has 0 unspecified atom stereocenters. The monoisotopic (exact) mass is 447 g/mol. The average molecular weight is 448 g/mol. The molecule has 1 aliphatic carbocycles. The van der Waals surface area contributed by atoms with E-state index in [2.05, 4.69) is 30.5 Å². The van der Waals surface area contributed by atoms with Gasteiger partial charge < -0.3 is 14.6 Å². The van der Waals surface area contributed by atoms with Gasteiger partial charge in [0.1, 0.15) is 17.2 Å². The summed E-state index contributed by atoms with van der Waals surface area (Å²) < 4.78 is 11.9. The Labute approximate surface area is 196 Å². The third-order valence-electron chi connectivity index (χ3n) is 5.10. The number of para-hydroxylation sites is 1. The van der Waals surface area contributed by atoms with E-state index in [0.717, 1.165) is 42.8 Å². The van der Waals surface area contributed by atoms with Crippen LogP contribution in [0.4, 0.5) is 0 Å². The van der Waals surface area contributed by atoms with Gasteiger partial charge in [0.2, 0.25) is 11.8 Å². The topological polar surface area (TPSA) is 66.7 Å². The first-order chi connectivity index (χ1) is 16.0. The van der Waals surface area contributed by atoms with E-state index in [1.54, 1.807) is 0 Å². The van der Waals surface area contributed by atoms with Gasteiger partial charge in [0.15, 0.2) is 5.84 Å². The smallest absolute Gasteiger partial charge is 0.247 e. The summed E-state index contributed by atoms with van der Waals surface area (Å²) in [6, 6.07) is 17.3. The third-order valence-corrected chi connectivity index (χ3v) is 5.10. The van der Waals surface area contributed by atoms with Gasteiger partial charge in [-0.15, -0.1) is 5.10 Å². The van der Waals surface area contributed by atoms with Crippen LogP contribution >= 0.6 is 0 Å². The minimum Gasteiger partial charge on any atom is -0.494 e. The standard InChI is InChI=1S/C24H25N3O3.C3H8/c1-3-22-23(25-17(2)28)27(18-9-7-8-10-18)26-24(22)30-21-15-13-20(14-16-21)29-19-11-5-4-6-12-19;1-3-2/h3-6,11-16,18,28H,2,7-10H2,1H3;3H2,1-2H3/b22-3+,25-23+;. The number of aliphatic imine (C=N–C) groups is 1. The zero-order valence-electron chi connectivity index (χ0n) is 19.7. The van der Waals surface area contributed by atoms with Crippen LogP contribution in [0.25, 0.3) is 0 Å². The largest absolute Gasteiger partial charge is 0.494 e. The number of hydrazone groups is 1. The molecule has 1 saturated carbocycles. The van der Waals surface area contributed by atoms with Gasteiger partial charge >= 0.3 is 0 Å². The highest BCUT2D eigenvalue weighted by Gasteiger charge is 2.35. The second kappa shape index (κ2) is 11.9. The predicted octanol–water partition coefficient (Wildman–Crippen LogP) is 7.22. The zero-order valence-corrected chi connectivity index (χ0v) is 19.7. The number of aliphatic hydroxyl groups excluding tert-OH is 1. The minimum atomic E-state index is -0.244. The molecule has 1 fully saturated rings. The lowest BCUT2D eigenvalue weighted by atomic mass is 10.2. The van der Waals surface area contributed by atoms with E-state index in [-0.39, 0.29) is 11.9 Å². The number of ether oxygens (including phenoxy) is 2. The Kier molecular flexibility index (Phi) is 8.70. The summed E-state index contributed by atoms with van der Waals surface area (Å²) in [4.78, 5) is 4.23. The van der Waals surface area contributed by atoms with E-state index in [4.69, 9.17) is 9.47 Å². The maximum atomic E-state index is 9.67. The molecule has 0 bridgehead atoms. The molecule has 0 aromatic heterocycles. The van der Waals surface area contributed by atoms with E-state index >= 15 is 0 Å². The van der Waals surface area contributed by atoms with Crippen LogP contribution in [0.15, 0.2) is 88.8 Å². The maximum absolute atomic E-state index is 9.67. The molecule has 1 N–H and O–H groups in total. The number of amidine groups is 1. The summed E-state index contributed by atoms with van der Waals surface area (Å²) in [6.45, 7) is 9.66. The molecule has 0 spiro atoms. The Bertz CT molecular complexity index is 1000.